The van der Waals surface area contributed by atoms with Gasteiger partial charge >= 0.3 is 23.9 Å². The Morgan fingerprint density at radius 3 is 1.22 bits per heavy atom. The molecule has 0 spiro atoms. The number of nitrogens with two attached hydrogens (primary N) is 1. The molecule has 0 aliphatic rings. The van der Waals surface area contributed by atoms with Gasteiger partial charge in [-0.1, -0.05) is 71.8 Å². The molecule has 14 nitrogen and oxygen atoms in total. The van der Waals surface area contributed by atoms with E-state index in [-0.39, 0.29) is 35.4 Å². The number of carboxylic acids is 2. The number of carboxylic acid groups (broad SMARTS) is 2. The monoisotopic (exact) mass is 943 g/mol. The predicted octanol–water partition coefficient (Wildman–Crippen LogP) is 10.0. The number of ketones is 2. The van der Waals surface area contributed by atoms with Gasteiger partial charge in [0.25, 0.3) is 0 Å². The Morgan fingerprint density at radius 1 is 0.523 bits per heavy atom. The van der Waals surface area contributed by atoms with E-state index in [0.717, 1.165) is 64.9 Å². The van der Waals surface area contributed by atoms with Crippen LogP contribution in [-0.2, 0) is 23.9 Å². The molecule has 0 radical (unpaired) electrons. The standard InChI is InChI=1S/C17H18O4S.C16H17NO4S.C15H14O5S/c1-10-6-5-7-13(8-10)15-12(3)14(21-9-11(2)18)16(22-15)17(19)20-4;1-9(18)8-21-13-10(2)14(22-15(13)16(19)20-3)11-5-4-6-12(17)7-11;1-8-4-3-5-10(6-8)13-9(2)12(20-7-11(16)17)14(21-13)15(18)19/h5-8H,9H2,1-4H3;4-7H,8,17H2,1-3H3;3-6H,7H2,1-2H3,(H,16,17)(H,18,19). The van der Waals surface area contributed by atoms with Crippen LogP contribution in [0.25, 0.3) is 31.3 Å². The van der Waals surface area contributed by atoms with Crippen LogP contribution in [0, 0.1) is 34.6 Å². The molecule has 0 saturated heterocycles. The number of benzene rings is 3. The maximum Gasteiger partial charge on any atom is 0.351 e. The van der Waals surface area contributed by atoms with Crippen molar-refractivity contribution in [2.75, 3.05) is 39.8 Å². The molecule has 0 unspecified atom stereocenters. The second-order valence-corrected chi connectivity index (χ2v) is 17.5. The van der Waals surface area contributed by atoms with Gasteiger partial charge in [0.05, 0.1) is 14.2 Å². The summed E-state index contributed by atoms with van der Waals surface area (Å²) in [7, 11) is 2.64. The van der Waals surface area contributed by atoms with Gasteiger partial charge in [0.1, 0.15) is 30.5 Å². The number of aryl methyl sites for hydroxylation is 2. The van der Waals surface area contributed by atoms with E-state index in [9.17, 15) is 33.9 Å². The van der Waals surface area contributed by atoms with E-state index in [1.807, 2.05) is 88.4 Å². The summed E-state index contributed by atoms with van der Waals surface area (Å²) >= 11 is 3.68. The number of hydrogen-bond acceptors (Lipinski definition) is 15. The smallest absolute Gasteiger partial charge is 0.351 e. The van der Waals surface area contributed by atoms with Crippen LogP contribution in [-0.4, -0.2) is 79.7 Å². The lowest BCUT2D eigenvalue weighted by Gasteiger charge is -2.06. The van der Waals surface area contributed by atoms with Crippen LogP contribution in [0.5, 0.6) is 17.2 Å². The Hall–Kier alpha value is -6.82. The molecule has 3 heterocycles. The van der Waals surface area contributed by atoms with Gasteiger partial charge in [-0.3, -0.25) is 9.59 Å². The highest BCUT2D eigenvalue weighted by molar-refractivity contribution is 7.18. The van der Waals surface area contributed by atoms with E-state index >= 15 is 0 Å². The van der Waals surface area contributed by atoms with Crippen molar-refractivity contribution in [3.8, 4) is 48.6 Å². The molecule has 0 atom stereocenters. The molecule has 0 bridgehead atoms. The Kier molecular flexibility index (Phi) is 18.1. The Morgan fingerprint density at radius 2 is 0.877 bits per heavy atom. The second kappa shape index (κ2) is 23.2. The minimum atomic E-state index is -1.14. The number of nitrogen functional groups attached to an aromatic ring is 1. The zero-order chi connectivity index (χ0) is 48.1. The number of carbonyl (C=O) groups excluding carboxylic acids is 4. The third kappa shape index (κ3) is 13.4. The number of aromatic carboxylic acids is 1. The zero-order valence-electron chi connectivity index (χ0n) is 37.2. The van der Waals surface area contributed by atoms with Crippen molar-refractivity contribution in [2.24, 2.45) is 0 Å². The number of rotatable bonds is 15. The molecule has 65 heavy (non-hydrogen) atoms. The van der Waals surface area contributed by atoms with Crippen LogP contribution < -0.4 is 19.9 Å². The SMILES string of the molecule is COC(=O)c1sc(-c2cccc(C)c2)c(C)c1OCC(C)=O.COC(=O)c1sc(-c2cccc(N)c2)c(C)c1OCC(C)=O.Cc1cccc(-c2sc(C(=O)O)c(OCC(=O)O)c2C)c1. The molecular formula is C48H49NO13S3. The van der Waals surface area contributed by atoms with Crippen LogP contribution >= 0.6 is 34.0 Å². The number of anilines is 1. The van der Waals surface area contributed by atoms with Gasteiger partial charge in [-0.2, -0.15) is 0 Å². The maximum absolute atomic E-state index is 12.0. The molecule has 0 aliphatic heterocycles. The van der Waals surface area contributed by atoms with Gasteiger partial charge < -0.3 is 39.6 Å². The van der Waals surface area contributed by atoms with Crippen LogP contribution in [0.3, 0.4) is 0 Å². The van der Waals surface area contributed by atoms with Crippen LogP contribution in [0.15, 0.2) is 72.8 Å². The van der Waals surface area contributed by atoms with Crippen LogP contribution in [0.2, 0.25) is 0 Å². The summed E-state index contributed by atoms with van der Waals surface area (Å²) in [4.78, 5) is 71.5. The Balaban J connectivity index is 0.000000213. The summed E-state index contributed by atoms with van der Waals surface area (Å²) < 4.78 is 25.8. The Labute approximate surface area is 388 Å². The summed E-state index contributed by atoms with van der Waals surface area (Å²) in [6.07, 6.45) is 0. The van der Waals surface area contributed by atoms with E-state index < -0.39 is 30.5 Å². The van der Waals surface area contributed by atoms with Crippen molar-refractivity contribution in [1.82, 2.24) is 0 Å². The highest BCUT2D eigenvalue weighted by atomic mass is 32.1. The van der Waals surface area contributed by atoms with E-state index in [1.54, 1.807) is 13.0 Å². The van der Waals surface area contributed by atoms with Crippen molar-refractivity contribution >= 4 is 75.1 Å². The lowest BCUT2D eigenvalue weighted by atomic mass is 10.1. The summed E-state index contributed by atoms with van der Waals surface area (Å²) in [6, 6.07) is 23.1. The molecule has 342 valence electrons. The Bertz CT molecular complexity index is 2600. The average Bonchev–Trinajstić information content (AvgIpc) is 3.90. The number of Topliss-reactive ketones (excluding diaryl/α,β-unsaturated/α-hetero) is 2. The lowest BCUT2D eigenvalue weighted by Crippen LogP contribution is -2.11. The fraction of sp³-hybridized carbons (Fsp3) is 0.250. The summed E-state index contributed by atoms with van der Waals surface area (Å²) in [5.74, 6) is -2.46. The fourth-order valence-electron chi connectivity index (χ4n) is 6.17. The number of carbonyl (C=O) groups is 6. The van der Waals surface area contributed by atoms with Crippen LogP contribution in [0.4, 0.5) is 5.69 Å². The van der Waals surface area contributed by atoms with Gasteiger partial charge in [-0.25, -0.2) is 19.2 Å². The normalized spacial score (nSPS) is 10.4. The van der Waals surface area contributed by atoms with Gasteiger partial charge in [-0.05, 0) is 77.3 Å². The maximum atomic E-state index is 12.0. The molecule has 6 aromatic rings. The van der Waals surface area contributed by atoms with Crippen molar-refractivity contribution < 1.29 is 62.7 Å². The minimum Gasteiger partial charge on any atom is -0.484 e. The van der Waals surface area contributed by atoms with E-state index in [4.69, 9.17) is 34.5 Å². The number of aliphatic carboxylic acids is 1. The van der Waals surface area contributed by atoms with E-state index in [2.05, 4.69) is 6.07 Å². The van der Waals surface area contributed by atoms with Gasteiger partial charge in [0, 0.05) is 37.0 Å². The highest BCUT2D eigenvalue weighted by Crippen LogP contribution is 2.44. The van der Waals surface area contributed by atoms with Crippen molar-refractivity contribution in [3.63, 3.8) is 0 Å². The third-order valence-corrected chi connectivity index (χ3v) is 13.0. The molecule has 3 aromatic carbocycles. The molecule has 3 aromatic heterocycles. The first-order valence-corrected chi connectivity index (χ1v) is 22.1. The number of ether oxygens (including phenoxy) is 5. The third-order valence-electron chi connectivity index (χ3n) is 9.10. The first-order chi connectivity index (χ1) is 30.8. The average molecular weight is 944 g/mol. The summed E-state index contributed by atoms with van der Waals surface area (Å²) in [6.45, 7) is 11.6. The number of esters is 2. The van der Waals surface area contributed by atoms with Gasteiger partial charge in [-0.15, -0.1) is 34.0 Å². The van der Waals surface area contributed by atoms with Gasteiger partial charge in [0.15, 0.2) is 32.8 Å². The first kappa shape index (κ1) is 50.8. The minimum absolute atomic E-state index is 0.0188. The van der Waals surface area contributed by atoms with Crippen LogP contribution in [0.1, 0.15) is 70.7 Å². The van der Waals surface area contributed by atoms with Crippen molar-refractivity contribution in [1.29, 1.82) is 0 Å². The lowest BCUT2D eigenvalue weighted by molar-refractivity contribution is -0.139. The highest BCUT2D eigenvalue weighted by Gasteiger charge is 2.26. The molecule has 0 saturated carbocycles. The number of hydrogen-bond donors (Lipinski definition) is 3. The molecule has 0 fully saturated rings. The molecule has 17 heteroatoms. The second-order valence-electron chi connectivity index (χ2n) is 14.5. The summed E-state index contributed by atoms with van der Waals surface area (Å²) in [5.41, 5.74) is 13.7. The quantitative estimate of drug-likeness (QED) is 0.0645. The topological polar surface area (TPSA) is 215 Å². The van der Waals surface area contributed by atoms with Crippen molar-refractivity contribution in [3.05, 3.63) is 115 Å². The molecule has 0 amide bonds. The molecule has 0 aliphatic carbocycles. The number of methoxy groups -OCH3 is 2. The molecule has 6 rings (SSSR count). The number of thiophene rings is 3. The first-order valence-electron chi connectivity index (χ1n) is 19.7. The molecule has 4 N–H and O–H groups in total. The summed E-state index contributed by atoms with van der Waals surface area (Å²) in [5, 5.41) is 17.9. The zero-order valence-corrected chi connectivity index (χ0v) is 39.7. The molecular weight excluding hydrogens is 895 g/mol. The predicted molar refractivity (Wildman–Crippen MR) is 252 cm³/mol. The fourth-order valence-corrected chi connectivity index (χ4v) is 9.59. The van der Waals surface area contributed by atoms with E-state index in [0.29, 0.717) is 32.5 Å². The van der Waals surface area contributed by atoms with Crippen molar-refractivity contribution in [2.45, 2.75) is 48.5 Å². The van der Waals surface area contributed by atoms with Gasteiger partial charge in [0.2, 0.25) is 0 Å². The largest absolute Gasteiger partial charge is 0.484 e. The van der Waals surface area contributed by atoms with E-state index in [1.165, 1.54) is 50.7 Å².